The van der Waals surface area contributed by atoms with E-state index in [1.807, 2.05) is 11.8 Å². The van der Waals surface area contributed by atoms with Crippen LogP contribution in [0, 0.1) is 0 Å². The van der Waals surface area contributed by atoms with Crippen molar-refractivity contribution < 1.29 is 9.59 Å². The smallest absolute Gasteiger partial charge is 0.244 e. The Balaban J connectivity index is 2.52. The van der Waals surface area contributed by atoms with Crippen LogP contribution in [0.1, 0.15) is 13.3 Å². The third-order valence-corrected chi connectivity index (χ3v) is 2.05. The van der Waals surface area contributed by atoms with Gasteiger partial charge in [-0.3, -0.25) is 19.8 Å². The highest BCUT2D eigenvalue weighted by molar-refractivity contribution is 6.05. The van der Waals surface area contributed by atoms with Crippen molar-refractivity contribution in [2.24, 2.45) is 5.73 Å². The molecule has 0 radical (unpaired) electrons. The predicted molar refractivity (Wildman–Crippen MR) is 47.8 cm³/mol. The average molecular weight is 185 g/mol. The van der Waals surface area contributed by atoms with Crippen molar-refractivity contribution in [2.45, 2.75) is 25.4 Å². The Morgan fingerprint density at radius 2 is 2.31 bits per heavy atom. The zero-order valence-corrected chi connectivity index (χ0v) is 7.91. The van der Waals surface area contributed by atoms with E-state index < -0.39 is 0 Å². The van der Waals surface area contributed by atoms with Crippen LogP contribution in [0.3, 0.4) is 0 Å². The molecule has 0 aromatic carbocycles. The molecule has 3 N–H and O–H groups in total. The van der Waals surface area contributed by atoms with Gasteiger partial charge in [-0.25, -0.2) is 0 Å². The number of hydrogen-bond donors (Lipinski definition) is 2. The van der Waals surface area contributed by atoms with Crippen molar-refractivity contribution in [3.8, 4) is 0 Å². The summed E-state index contributed by atoms with van der Waals surface area (Å²) in [6.07, 6.45) is 0.252. The minimum Gasteiger partial charge on any atom is -0.327 e. The summed E-state index contributed by atoms with van der Waals surface area (Å²) in [5, 5.41) is 2.26. The Hall–Kier alpha value is -0.940. The Labute approximate surface area is 77.3 Å². The Morgan fingerprint density at radius 1 is 1.69 bits per heavy atom. The van der Waals surface area contributed by atoms with Gasteiger partial charge < -0.3 is 5.73 Å². The number of imide groups is 1. The van der Waals surface area contributed by atoms with Crippen LogP contribution in [-0.4, -0.2) is 42.4 Å². The van der Waals surface area contributed by atoms with E-state index in [-0.39, 0.29) is 30.3 Å². The van der Waals surface area contributed by atoms with Crippen molar-refractivity contribution in [2.75, 3.05) is 13.6 Å². The van der Waals surface area contributed by atoms with Crippen molar-refractivity contribution in [1.29, 1.82) is 0 Å². The largest absolute Gasteiger partial charge is 0.327 e. The molecule has 1 saturated heterocycles. The van der Waals surface area contributed by atoms with Gasteiger partial charge >= 0.3 is 0 Å². The fraction of sp³-hybridized carbons (Fsp3) is 0.750. The molecule has 0 bridgehead atoms. The fourth-order valence-corrected chi connectivity index (χ4v) is 1.48. The maximum atomic E-state index is 11.2. The normalized spacial score (nSPS) is 25.1. The number of rotatable bonds is 3. The van der Waals surface area contributed by atoms with Gasteiger partial charge in [0.2, 0.25) is 11.8 Å². The molecule has 5 heteroatoms. The van der Waals surface area contributed by atoms with E-state index in [2.05, 4.69) is 5.32 Å². The van der Waals surface area contributed by atoms with Gasteiger partial charge in [0.1, 0.15) is 0 Å². The Bertz CT molecular complexity index is 227. The molecule has 74 valence electrons. The first-order chi connectivity index (χ1) is 6.00. The first kappa shape index (κ1) is 10.1. The Morgan fingerprint density at radius 3 is 2.69 bits per heavy atom. The third-order valence-electron chi connectivity index (χ3n) is 2.05. The molecule has 1 heterocycles. The summed E-state index contributed by atoms with van der Waals surface area (Å²) >= 11 is 0. The van der Waals surface area contributed by atoms with Gasteiger partial charge in [0.25, 0.3) is 0 Å². The zero-order chi connectivity index (χ0) is 10.0. The highest BCUT2D eigenvalue weighted by Crippen LogP contribution is 2.08. The number of carbonyl (C=O) groups is 2. The van der Waals surface area contributed by atoms with E-state index in [1.54, 1.807) is 7.05 Å². The van der Waals surface area contributed by atoms with Crippen molar-refractivity contribution in [3.05, 3.63) is 0 Å². The lowest BCUT2D eigenvalue weighted by atomic mass is 10.2. The molecule has 0 saturated carbocycles. The zero-order valence-electron chi connectivity index (χ0n) is 7.91. The van der Waals surface area contributed by atoms with Crippen LogP contribution in [-0.2, 0) is 9.59 Å². The molecule has 13 heavy (non-hydrogen) atoms. The van der Waals surface area contributed by atoms with Crippen LogP contribution in [0.2, 0.25) is 0 Å². The van der Waals surface area contributed by atoms with Crippen molar-refractivity contribution >= 4 is 11.8 Å². The third kappa shape index (κ3) is 2.50. The topological polar surface area (TPSA) is 75.4 Å². The molecule has 1 aliphatic heterocycles. The van der Waals surface area contributed by atoms with Crippen LogP contribution < -0.4 is 11.1 Å². The summed E-state index contributed by atoms with van der Waals surface area (Å²) in [5.74, 6) is -0.417. The van der Waals surface area contributed by atoms with Crippen LogP contribution in [0.4, 0.5) is 0 Å². The molecule has 1 rings (SSSR count). The van der Waals surface area contributed by atoms with E-state index in [0.717, 1.165) is 0 Å². The van der Waals surface area contributed by atoms with Crippen LogP contribution in [0.15, 0.2) is 0 Å². The van der Waals surface area contributed by atoms with E-state index in [4.69, 9.17) is 5.73 Å². The molecule has 2 amide bonds. The number of nitrogens with zero attached hydrogens (tertiary/aromatic N) is 1. The maximum absolute atomic E-state index is 11.2. The number of nitrogens with two attached hydrogens (primary N) is 1. The summed E-state index contributed by atoms with van der Waals surface area (Å²) in [4.78, 5) is 23.9. The number of carbonyl (C=O) groups excluding carboxylic acids is 2. The molecular formula is C8H15N3O2. The minimum absolute atomic E-state index is 0.00787. The molecule has 0 aromatic rings. The summed E-state index contributed by atoms with van der Waals surface area (Å²) in [6.45, 7) is 2.48. The SMILES string of the molecule is CC(N)CN(C)C1CC(=O)NC1=O. The highest BCUT2D eigenvalue weighted by atomic mass is 16.2. The van der Waals surface area contributed by atoms with E-state index >= 15 is 0 Å². The molecule has 0 aromatic heterocycles. The van der Waals surface area contributed by atoms with Crippen LogP contribution in [0.25, 0.3) is 0 Å². The highest BCUT2D eigenvalue weighted by Gasteiger charge is 2.33. The lowest BCUT2D eigenvalue weighted by Crippen LogP contribution is -2.43. The summed E-state index contributed by atoms with van der Waals surface area (Å²) in [5.41, 5.74) is 5.58. The van der Waals surface area contributed by atoms with E-state index in [1.165, 1.54) is 0 Å². The number of nitrogens with one attached hydrogen (secondary N) is 1. The molecular weight excluding hydrogens is 170 g/mol. The lowest BCUT2D eigenvalue weighted by Gasteiger charge is -2.22. The molecule has 0 spiro atoms. The number of likely N-dealkylation sites (N-methyl/N-ethyl adjacent to an activating group) is 1. The van der Waals surface area contributed by atoms with Crippen LogP contribution in [0.5, 0.6) is 0 Å². The number of hydrogen-bond acceptors (Lipinski definition) is 4. The molecule has 1 aliphatic rings. The summed E-state index contributed by atoms with van der Waals surface area (Å²) < 4.78 is 0. The first-order valence-electron chi connectivity index (χ1n) is 4.30. The minimum atomic E-state index is -0.335. The van der Waals surface area contributed by atoms with Crippen LogP contribution >= 0.6 is 0 Å². The molecule has 1 fully saturated rings. The van der Waals surface area contributed by atoms with Gasteiger partial charge in [-0.15, -0.1) is 0 Å². The average Bonchev–Trinajstić information content (AvgIpc) is 2.28. The van der Waals surface area contributed by atoms with Gasteiger partial charge in [0.05, 0.1) is 12.5 Å². The Kier molecular flexibility index (Phi) is 3.00. The fourth-order valence-electron chi connectivity index (χ4n) is 1.48. The predicted octanol–water partition coefficient (Wildman–Crippen LogP) is -1.32. The second-order valence-corrected chi connectivity index (χ2v) is 3.55. The number of amides is 2. The maximum Gasteiger partial charge on any atom is 0.244 e. The van der Waals surface area contributed by atoms with Gasteiger partial charge in [-0.05, 0) is 14.0 Å². The molecule has 0 aliphatic carbocycles. The van der Waals surface area contributed by atoms with E-state index in [9.17, 15) is 9.59 Å². The standard InChI is InChI=1S/C8H15N3O2/c1-5(9)4-11(2)6-3-7(12)10-8(6)13/h5-6H,3-4,9H2,1-2H3,(H,10,12,13). The molecule has 2 unspecified atom stereocenters. The van der Waals surface area contributed by atoms with Gasteiger partial charge in [0, 0.05) is 12.6 Å². The van der Waals surface area contributed by atoms with Crippen molar-refractivity contribution in [1.82, 2.24) is 10.2 Å². The van der Waals surface area contributed by atoms with E-state index in [0.29, 0.717) is 6.54 Å². The van der Waals surface area contributed by atoms with Gasteiger partial charge in [-0.1, -0.05) is 0 Å². The molecule has 5 nitrogen and oxygen atoms in total. The van der Waals surface area contributed by atoms with Crippen molar-refractivity contribution in [3.63, 3.8) is 0 Å². The second kappa shape index (κ2) is 3.85. The summed E-state index contributed by atoms with van der Waals surface area (Å²) in [6, 6.07) is -0.327. The lowest BCUT2D eigenvalue weighted by molar-refractivity contribution is -0.126. The molecule has 2 atom stereocenters. The second-order valence-electron chi connectivity index (χ2n) is 3.55. The van der Waals surface area contributed by atoms with Gasteiger partial charge in [0.15, 0.2) is 0 Å². The first-order valence-corrected chi connectivity index (χ1v) is 4.30. The van der Waals surface area contributed by atoms with Gasteiger partial charge in [-0.2, -0.15) is 0 Å². The monoisotopic (exact) mass is 185 g/mol. The summed E-state index contributed by atoms with van der Waals surface area (Å²) in [7, 11) is 1.80. The quantitative estimate of drug-likeness (QED) is 0.535.